The van der Waals surface area contributed by atoms with E-state index in [1.54, 1.807) is 6.08 Å². The zero-order chi connectivity index (χ0) is 12.7. The van der Waals surface area contributed by atoms with Crippen LogP contribution in [0.25, 0.3) is 0 Å². The van der Waals surface area contributed by atoms with Crippen LogP contribution in [0.3, 0.4) is 0 Å². The molecule has 2 atom stereocenters. The van der Waals surface area contributed by atoms with Gasteiger partial charge in [0.1, 0.15) is 0 Å². The van der Waals surface area contributed by atoms with Crippen LogP contribution in [0.1, 0.15) is 19.8 Å². The summed E-state index contributed by atoms with van der Waals surface area (Å²) in [4.78, 5) is 23.0. The van der Waals surface area contributed by atoms with Gasteiger partial charge in [-0.1, -0.05) is 11.6 Å². The van der Waals surface area contributed by atoms with E-state index >= 15 is 0 Å². The van der Waals surface area contributed by atoms with E-state index in [0.29, 0.717) is 12.8 Å². The summed E-state index contributed by atoms with van der Waals surface area (Å²) in [5.41, 5.74) is 0.869. The van der Waals surface area contributed by atoms with Crippen molar-refractivity contribution in [2.45, 2.75) is 25.1 Å². The molecular weight excluding hydrogens is 228 g/mol. The van der Waals surface area contributed by atoms with Crippen molar-refractivity contribution in [1.29, 1.82) is 0 Å². The van der Waals surface area contributed by atoms with Crippen LogP contribution in [-0.2, 0) is 14.3 Å². The zero-order valence-corrected chi connectivity index (χ0v) is 10.4. The van der Waals surface area contributed by atoms with Crippen LogP contribution in [0.5, 0.6) is 0 Å². The third kappa shape index (κ3) is 4.62. The molecule has 0 heterocycles. The Hall–Kier alpha value is -1.09. The lowest BCUT2D eigenvalue weighted by Gasteiger charge is -2.16. The highest BCUT2D eigenvalue weighted by molar-refractivity contribution is 6.41. The van der Waals surface area contributed by atoms with Gasteiger partial charge < -0.3 is 4.74 Å². The summed E-state index contributed by atoms with van der Waals surface area (Å²) in [6.07, 6.45) is 2.61. The number of ketones is 1. The fourth-order valence-corrected chi connectivity index (χ4v) is 1.62. The van der Waals surface area contributed by atoms with Gasteiger partial charge in [-0.15, -0.1) is 24.8 Å². The first-order chi connectivity index (χ1) is 7.43. The molecule has 0 radical (unpaired) electrons. The smallest absolute Gasteiger partial charge is 0.331 e. The van der Waals surface area contributed by atoms with Crippen molar-refractivity contribution >= 4 is 23.4 Å². The first-order valence-corrected chi connectivity index (χ1v) is 5.38. The van der Waals surface area contributed by atoms with Gasteiger partial charge in [0.25, 0.3) is 0 Å². The maximum atomic E-state index is 11.8. The van der Waals surface area contributed by atoms with Gasteiger partial charge in [-0.3, -0.25) is 4.79 Å². The predicted octanol–water partition coefficient (Wildman–Crippen LogP) is 2.49. The summed E-state index contributed by atoms with van der Waals surface area (Å²) in [7, 11) is 1.20. The summed E-state index contributed by atoms with van der Waals surface area (Å²) in [6.45, 7) is 9.14. The van der Waals surface area contributed by atoms with E-state index in [1.165, 1.54) is 7.11 Å². The first-order valence-electron chi connectivity index (χ1n) is 4.94. The van der Waals surface area contributed by atoms with Gasteiger partial charge in [0, 0.05) is 5.92 Å². The predicted molar refractivity (Wildman–Crippen MR) is 64.4 cm³/mol. The van der Waals surface area contributed by atoms with Crippen molar-refractivity contribution in [3.05, 3.63) is 24.8 Å². The number of methoxy groups -OCH3 is 1. The van der Waals surface area contributed by atoms with Crippen molar-refractivity contribution in [1.82, 2.24) is 0 Å². The van der Waals surface area contributed by atoms with Gasteiger partial charge in [-0.2, -0.15) is 0 Å². The van der Waals surface area contributed by atoms with E-state index in [0.717, 1.165) is 5.57 Å². The summed E-state index contributed by atoms with van der Waals surface area (Å²) in [6, 6.07) is 0. The first kappa shape index (κ1) is 14.9. The highest BCUT2D eigenvalue weighted by atomic mass is 35.5. The maximum absolute atomic E-state index is 11.8. The van der Waals surface area contributed by atoms with Crippen molar-refractivity contribution in [3.8, 4) is 0 Å². The maximum Gasteiger partial charge on any atom is 0.331 e. The standard InChI is InChI=1S/C12H17ClO3/c1-5-6-9(7-8(2)3)11(14)10(13)12(15)16-4/h5,9-10H,1-2,6-7H2,3-4H3. The summed E-state index contributed by atoms with van der Waals surface area (Å²) in [5, 5.41) is -1.24. The average Bonchev–Trinajstić information content (AvgIpc) is 2.24. The van der Waals surface area contributed by atoms with Crippen molar-refractivity contribution < 1.29 is 14.3 Å². The molecule has 0 rings (SSSR count). The Morgan fingerprint density at radius 2 is 2.06 bits per heavy atom. The minimum atomic E-state index is -1.24. The third-order valence-corrected chi connectivity index (χ3v) is 2.50. The molecule has 3 nitrogen and oxygen atoms in total. The lowest BCUT2D eigenvalue weighted by molar-refractivity contribution is -0.143. The Labute approximate surface area is 101 Å². The molecule has 0 bridgehead atoms. The molecule has 0 saturated carbocycles. The number of hydrogen-bond donors (Lipinski definition) is 0. The van der Waals surface area contributed by atoms with Crippen molar-refractivity contribution in [3.63, 3.8) is 0 Å². The van der Waals surface area contributed by atoms with E-state index in [-0.39, 0.29) is 11.7 Å². The molecule has 0 aliphatic carbocycles. The molecule has 0 saturated heterocycles. The minimum absolute atomic E-state index is 0.337. The van der Waals surface area contributed by atoms with Crippen LogP contribution in [0.15, 0.2) is 24.8 Å². The second-order valence-electron chi connectivity index (χ2n) is 3.67. The Morgan fingerprint density at radius 1 is 1.50 bits per heavy atom. The second-order valence-corrected chi connectivity index (χ2v) is 4.11. The SMILES string of the molecule is C=CCC(CC(=C)C)C(=O)C(Cl)C(=O)OC. The molecule has 2 unspecified atom stereocenters. The third-order valence-electron chi connectivity index (χ3n) is 2.11. The number of carbonyl (C=O) groups is 2. The number of Topliss-reactive ketones (excluding diaryl/α,β-unsaturated/α-hetero) is 1. The number of halogens is 1. The largest absolute Gasteiger partial charge is 0.468 e. The summed E-state index contributed by atoms with van der Waals surface area (Å²) < 4.78 is 4.43. The highest BCUT2D eigenvalue weighted by Crippen LogP contribution is 2.20. The highest BCUT2D eigenvalue weighted by Gasteiger charge is 2.30. The topological polar surface area (TPSA) is 43.4 Å². The van der Waals surface area contributed by atoms with Crippen LogP contribution >= 0.6 is 11.6 Å². The monoisotopic (exact) mass is 244 g/mol. The molecule has 0 aromatic carbocycles. The van der Waals surface area contributed by atoms with Crippen LogP contribution < -0.4 is 0 Å². The number of carbonyl (C=O) groups excluding carboxylic acids is 2. The van der Waals surface area contributed by atoms with Gasteiger partial charge in [0.15, 0.2) is 11.2 Å². The molecule has 0 spiro atoms. The molecule has 0 aliphatic rings. The Kier molecular flexibility index (Phi) is 6.74. The number of hydrogen-bond acceptors (Lipinski definition) is 3. The molecular formula is C12H17ClO3. The number of alkyl halides is 1. The lowest BCUT2D eigenvalue weighted by Crippen LogP contribution is -2.31. The minimum Gasteiger partial charge on any atom is -0.468 e. The number of rotatable bonds is 7. The Balaban J connectivity index is 4.65. The molecule has 0 fully saturated rings. The van der Waals surface area contributed by atoms with Crippen molar-refractivity contribution in [2.75, 3.05) is 7.11 Å². The average molecular weight is 245 g/mol. The molecule has 4 heteroatoms. The van der Waals surface area contributed by atoms with E-state index in [2.05, 4.69) is 17.9 Å². The van der Waals surface area contributed by atoms with Crippen LogP contribution in [-0.4, -0.2) is 24.2 Å². The van der Waals surface area contributed by atoms with Crippen LogP contribution in [0, 0.1) is 5.92 Å². The molecule has 16 heavy (non-hydrogen) atoms. The Morgan fingerprint density at radius 3 is 2.44 bits per heavy atom. The van der Waals surface area contributed by atoms with E-state index in [9.17, 15) is 9.59 Å². The molecule has 0 N–H and O–H groups in total. The van der Waals surface area contributed by atoms with E-state index in [1.807, 2.05) is 6.92 Å². The van der Waals surface area contributed by atoms with Crippen LogP contribution in [0.4, 0.5) is 0 Å². The van der Waals surface area contributed by atoms with Gasteiger partial charge >= 0.3 is 5.97 Å². The molecule has 90 valence electrons. The molecule has 0 aliphatic heterocycles. The quantitative estimate of drug-likeness (QED) is 0.299. The van der Waals surface area contributed by atoms with Gasteiger partial charge in [-0.05, 0) is 19.8 Å². The Bertz CT molecular complexity index is 297. The summed E-state index contributed by atoms with van der Waals surface area (Å²) >= 11 is 5.71. The van der Waals surface area contributed by atoms with Crippen LogP contribution in [0.2, 0.25) is 0 Å². The second kappa shape index (κ2) is 7.23. The van der Waals surface area contributed by atoms with E-state index in [4.69, 9.17) is 11.6 Å². The van der Waals surface area contributed by atoms with Gasteiger partial charge in [0.05, 0.1) is 7.11 Å². The fourth-order valence-electron chi connectivity index (χ4n) is 1.35. The number of esters is 1. The van der Waals surface area contributed by atoms with Gasteiger partial charge in [-0.25, -0.2) is 4.79 Å². The normalized spacial score (nSPS) is 13.7. The fraction of sp³-hybridized carbons (Fsp3) is 0.500. The zero-order valence-electron chi connectivity index (χ0n) is 9.66. The number of ether oxygens (including phenoxy) is 1. The molecule has 0 aromatic rings. The molecule has 0 amide bonds. The lowest BCUT2D eigenvalue weighted by atomic mass is 9.91. The van der Waals surface area contributed by atoms with E-state index < -0.39 is 11.3 Å². The van der Waals surface area contributed by atoms with Crippen molar-refractivity contribution in [2.24, 2.45) is 5.92 Å². The summed E-state index contributed by atoms with van der Waals surface area (Å²) in [5.74, 6) is -1.41. The molecule has 0 aromatic heterocycles. The van der Waals surface area contributed by atoms with Gasteiger partial charge in [0.2, 0.25) is 0 Å². The number of allylic oxidation sites excluding steroid dienone is 2.